The summed E-state index contributed by atoms with van der Waals surface area (Å²) in [6.07, 6.45) is 1.52. The summed E-state index contributed by atoms with van der Waals surface area (Å²) in [5.41, 5.74) is -0.744. The third-order valence-electron chi connectivity index (χ3n) is 4.92. The fourth-order valence-corrected chi connectivity index (χ4v) is 3.22. The second kappa shape index (κ2) is 6.59. The van der Waals surface area contributed by atoms with Crippen LogP contribution in [0.5, 0.6) is 11.5 Å². The van der Waals surface area contributed by atoms with Gasteiger partial charge < -0.3 is 24.1 Å². The number of rotatable bonds is 5. The predicted octanol–water partition coefficient (Wildman–Crippen LogP) is 1.43. The number of benzene rings is 1. The molecule has 1 saturated heterocycles. The van der Waals surface area contributed by atoms with Crippen molar-refractivity contribution in [1.82, 2.24) is 15.1 Å². The van der Waals surface area contributed by atoms with E-state index in [2.05, 4.69) is 5.32 Å². The molecule has 9 heteroatoms. The molecule has 0 bridgehead atoms. The molecule has 146 valence electrons. The zero-order chi connectivity index (χ0) is 19.9. The highest BCUT2D eigenvalue weighted by Gasteiger charge is 2.50. The van der Waals surface area contributed by atoms with Crippen molar-refractivity contribution in [2.24, 2.45) is 0 Å². The molecule has 1 atom stereocenters. The molecule has 0 aliphatic carbocycles. The maximum atomic E-state index is 13.0. The van der Waals surface area contributed by atoms with E-state index in [1.165, 1.54) is 11.2 Å². The van der Waals surface area contributed by atoms with Gasteiger partial charge in [-0.25, -0.2) is 4.79 Å². The molecule has 0 unspecified atom stereocenters. The molecule has 0 spiro atoms. The monoisotopic (exact) mass is 385 g/mol. The number of amides is 4. The van der Waals surface area contributed by atoms with Gasteiger partial charge in [0, 0.05) is 7.05 Å². The Hall–Kier alpha value is -3.49. The van der Waals surface area contributed by atoms with E-state index in [0.717, 1.165) is 4.90 Å². The van der Waals surface area contributed by atoms with E-state index < -0.39 is 17.5 Å². The Bertz CT molecular complexity index is 941. The van der Waals surface area contributed by atoms with E-state index in [9.17, 15) is 14.4 Å². The molecule has 1 aromatic heterocycles. The lowest BCUT2D eigenvalue weighted by Gasteiger charge is -2.23. The highest BCUT2D eigenvalue weighted by atomic mass is 16.7. The van der Waals surface area contributed by atoms with Crippen LogP contribution in [0.3, 0.4) is 0 Å². The lowest BCUT2D eigenvalue weighted by atomic mass is 9.91. The second-order valence-corrected chi connectivity index (χ2v) is 6.84. The van der Waals surface area contributed by atoms with Crippen LogP contribution in [-0.4, -0.2) is 48.0 Å². The molecule has 28 heavy (non-hydrogen) atoms. The number of nitrogens with zero attached hydrogens (tertiary/aromatic N) is 2. The summed E-state index contributed by atoms with van der Waals surface area (Å²) in [6, 6.07) is 7.89. The van der Waals surface area contributed by atoms with E-state index in [4.69, 9.17) is 13.9 Å². The summed E-state index contributed by atoms with van der Waals surface area (Å²) >= 11 is 0. The summed E-state index contributed by atoms with van der Waals surface area (Å²) in [6.45, 7) is 1.59. The minimum absolute atomic E-state index is 0.110. The van der Waals surface area contributed by atoms with Gasteiger partial charge in [-0.05, 0) is 36.8 Å². The van der Waals surface area contributed by atoms with Crippen molar-refractivity contribution in [3.63, 3.8) is 0 Å². The Labute approximate surface area is 160 Å². The van der Waals surface area contributed by atoms with Gasteiger partial charge in [-0.3, -0.25) is 14.5 Å². The maximum absolute atomic E-state index is 13.0. The Morgan fingerprint density at radius 3 is 2.79 bits per heavy atom. The van der Waals surface area contributed by atoms with Gasteiger partial charge in [0.25, 0.3) is 5.91 Å². The number of imide groups is 1. The smallest absolute Gasteiger partial charge is 0.325 e. The number of likely N-dealkylation sites (N-methyl/N-ethyl adjacent to an activating group) is 1. The summed E-state index contributed by atoms with van der Waals surface area (Å²) in [7, 11) is 1.58. The quantitative estimate of drug-likeness (QED) is 0.782. The molecular formula is C19H19N3O6. The van der Waals surface area contributed by atoms with Gasteiger partial charge in [0.15, 0.2) is 11.5 Å². The Morgan fingerprint density at radius 2 is 2.04 bits per heavy atom. The number of hydrogen-bond acceptors (Lipinski definition) is 6. The summed E-state index contributed by atoms with van der Waals surface area (Å²) in [5, 5.41) is 2.68. The highest BCUT2D eigenvalue weighted by Crippen LogP contribution is 2.37. The van der Waals surface area contributed by atoms with Crippen LogP contribution in [0.15, 0.2) is 41.0 Å². The van der Waals surface area contributed by atoms with Crippen LogP contribution < -0.4 is 14.8 Å². The molecule has 3 heterocycles. The van der Waals surface area contributed by atoms with Crippen LogP contribution in [0, 0.1) is 0 Å². The molecule has 1 fully saturated rings. The molecular weight excluding hydrogens is 366 g/mol. The van der Waals surface area contributed by atoms with Gasteiger partial charge in [-0.2, -0.15) is 0 Å². The lowest BCUT2D eigenvalue weighted by molar-refractivity contribution is -0.138. The van der Waals surface area contributed by atoms with E-state index in [0.29, 0.717) is 22.8 Å². The van der Waals surface area contributed by atoms with Crippen LogP contribution in [0.4, 0.5) is 4.79 Å². The van der Waals surface area contributed by atoms with Crippen molar-refractivity contribution in [1.29, 1.82) is 0 Å². The molecule has 4 rings (SSSR count). The molecule has 4 amide bonds. The minimum Gasteiger partial charge on any atom is -0.467 e. The third-order valence-corrected chi connectivity index (χ3v) is 4.92. The standard InChI is InChI=1S/C19H19N3O6/c1-19(12-5-6-14-15(8-12)28-11-27-14)17(24)22(18(25)20-19)10-16(23)21(2)9-13-4-3-7-26-13/h3-8H,9-11H2,1-2H3,(H,20,25)/t19-/m0/s1. The van der Waals surface area contributed by atoms with E-state index in [-0.39, 0.29) is 25.8 Å². The van der Waals surface area contributed by atoms with Gasteiger partial charge in [-0.15, -0.1) is 0 Å². The number of hydrogen-bond donors (Lipinski definition) is 1. The van der Waals surface area contributed by atoms with Crippen LogP contribution in [0.25, 0.3) is 0 Å². The van der Waals surface area contributed by atoms with Crippen LogP contribution in [-0.2, 0) is 21.7 Å². The lowest BCUT2D eigenvalue weighted by Crippen LogP contribution is -2.43. The van der Waals surface area contributed by atoms with Crippen molar-refractivity contribution in [2.75, 3.05) is 20.4 Å². The molecule has 2 aromatic rings. The van der Waals surface area contributed by atoms with E-state index in [1.807, 2.05) is 0 Å². The first-order chi connectivity index (χ1) is 13.4. The first-order valence-corrected chi connectivity index (χ1v) is 8.69. The number of carbonyl (C=O) groups is 3. The summed E-state index contributed by atoms with van der Waals surface area (Å²) in [4.78, 5) is 40.2. The number of carbonyl (C=O) groups excluding carboxylic acids is 3. The molecule has 0 radical (unpaired) electrons. The van der Waals surface area contributed by atoms with Crippen molar-refractivity contribution < 1.29 is 28.3 Å². The Balaban J connectivity index is 1.49. The maximum Gasteiger partial charge on any atom is 0.325 e. The van der Waals surface area contributed by atoms with Crippen molar-refractivity contribution in [3.05, 3.63) is 47.9 Å². The molecule has 1 aromatic carbocycles. The third kappa shape index (κ3) is 2.94. The second-order valence-electron chi connectivity index (χ2n) is 6.84. The fraction of sp³-hybridized carbons (Fsp3) is 0.316. The van der Waals surface area contributed by atoms with Gasteiger partial charge in [-0.1, -0.05) is 6.07 Å². The fourth-order valence-electron chi connectivity index (χ4n) is 3.22. The van der Waals surface area contributed by atoms with Gasteiger partial charge in [0.2, 0.25) is 12.7 Å². The first-order valence-electron chi connectivity index (χ1n) is 8.69. The van der Waals surface area contributed by atoms with E-state index >= 15 is 0 Å². The zero-order valence-corrected chi connectivity index (χ0v) is 15.4. The molecule has 2 aliphatic heterocycles. The highest BCUT2D eigenvalue weighted by molar-refractivity contribution is 6.09. The van der Waals surface area contributed by atoms with Crippen LogP contribution in [0.1, 0.15) is 18.2 Å². The SMILES string of the molecule is CN(Cc1ccco1)C(=O)CN1C(=O)N[C@@](C)(c2ccc3c(c2)OCO3)C1=O. The normalized spacial score (nSPS) is 20.4. The average Bonchev–Trinajstić information content (AvgIpc) is 3.39. The first kappa shape index (κ1) is 17.9. The molecule has 9 nitrogen and oxygen atoms in total. The van der Waals surface area contributed by atoms with Gasteiger partial charge in [0.1, 0.15) is 17.8 Å². The van der Waals surface area contributed by atoms with Crippen molar-refractivity contribution >= 4 is 17.8 Å². The Kier molecular flexibility index (Phi) is 4.21. The predicted molar refractivity (Wildman–Crippen MR) is 95.3 cm³/mol. The molecule has 0 saturated carbocycles. The number of fused-ring (bicyclic) bond motifs is 1. The minimum atomic E-state index is -1.29. The van der Waals surface area contributed by atoms with Crippen molar-refractivity contribution in [2.45, 2.75) is 19.0 Å². The number of urea groups is 1. The molecule has 1 N–H and O–H groups in total. The van der Waals surface area contributed by atoms with Crippen LogP contribution in [0.2, 0.25) is 0 Å². The average molecular weight is 385 g/mol. The summed E-state index contributed by atoms with van der Waals surface area (Å²) < 4.78 is 15.8. The molecule has 2 aliphatic rings. The zero-order valence-electron chi connectivity index (χ0n) is 15.4. The van der Waals surface area contributed by atoms with Gasteiger partial charge in [0.05, 0.1) is 12.8 Å². The topological polar surface area (TPSA) is 101 Å². The summed E-state index contributed by atoms with van der Waals surface area (Å²) in [5.74, 6) is 0.813. The number of nitrogens with one attached hydrogen (secondary N) is 1. The van der Waals surface area contributed by atoms with E-state index in [1.54, 1.807) is 44.3 Å². The van der Waals surface area contributed by atoms with Crippen molar-refractivity contribution in [3.8, 4) is 11.5 Å². The number of furan rings is 1. The number of ether oxygens (including phenoxy) is 2. The Morgan fingerprint density at radius 1 is 1.25 bits per heavy atom. The van der Waals surface area contributed by atoms with Gasteiger partial charge >= 0.3 is 6.03 Å². The largest absolute Gasteiger partial charge is 0.467 e. The van der Waals surface area contributed by atoms with Crippen LogP contribution >= 0.6 is 0 Å².